The number of carbonyl (C=O) groups is 2. The predicted molar refractivity (Wildman–Crippen MR) is 132 cm³/mol. The van der Waals surface area contributed by atoms with Crippen molar-refractivity contribution >= 4 is 11.8 Å². The number of nitrogens with one attached hydrogen (secondary N) is 1. The molecule has 5 rings (SSSR count). The van der Waals surface area contributed by atoms with Crippen molar-refractivity contribution in [2.45, 2.75) is 38.1 Å². The second-order valence-corrected chi connectivity index (χ2v) is 9.42. The molecule has 0 radical (unpaired) electrons. The molecule has 9 nitrogen and oxygen atoms in total. The van der Waals surface area contributed by atoms with Crippen LogP contribution in [0, 0.1) is 5.82 Å². The number of hydrogen-bond acceptors (Lipinski definition) is 6. The number of aromatic nitrogens is 2. The Morgan fingerprint density at radius 1 is 1.22 bits per heavy atom. The summed E-state index contributed by atoms with van der Waals surface area (Å²) in [5.41, 5.74) is 2.61. The van der Waals surface area contributed by atoms with Crippen LogP contribution < -0.4 is 14.8 Å². The van der Waals surface area contributed by atoms with Crippen LogP contribution in [-0.4, -0.2) is 59.8 Å². The molecule has 194 valence electrons. The SMILES string of the molecule is CN(C)C(=O)COCc1ccc2c(c1)C[C@@H](NC(=O)c1cc3n(n1)CCC(c1ccccc1F)O3)CO2. The van der Waals surface area contributed by atoms with E-state index in [0.29, 0.717) is 44.0 Å². The molecule has 0 spiro atoms. The van der Waals surface area contributed by atoms with E-state index in [9.17, 15) is 14.0 Å². The Hall–Kier alpha value is -3.92. The molecule has 0 bridgehead atoms. The second kappa shape index (κ2) is 10.6. The van der Waals surface area contributed by atoms with Gasteiger partial charge in [-0.25, -0.2) is 9.07 Å². The van der Waals surface area contributed by atoms with Crippen molar-refractivity contribution < 1.29 is 28.2 Å². The van der Waals surface area contributed by atoms with Crippen molar-refractivity contribution in [1.29, 1.82) is 0 Å². The fourth-order valence-corrected chi connectivity index (χ4v) is 4.44. The zero-order valence-corrected chi connectivity index (χ0v) is 20.8. The summed E-state index contributed by atoms with van der Waals surface area (Å²) in [6.45, 7) is 1.18. The van der Waals surface area contributed by atoms with Gasteiger partial charge in [-0.1, -0.05) is 24.3 Å². The van der Waals surface area contributed by atoms with Crippen molar-refractivity contribution in [2.24, 2.45) is 0 Å². The molecule has 1 unspecified atom stereocenters. The zero-order chi connectivity index (χ0) is 25.9. The first-order valence-electron chi connectivity index (χ1n) is 12.2. The van der Waals surface area contributed by atoms with Gasteiger partial charge in [0, 0.05) is 38.7 Å². The summed E-state index contributed by atoms with van der Waals surface area (Å²) in [7, 11) is 3.37. The molecule has 37 heavy (non-hydrogen) atoms. The highest BCUT2D eigenvalue weighted by Gasteiger charge is 2.28. The highest BCUT2D eigenvalue weighted by molar-refractivity contribution is 5.92. The lowest BCUT2D eigenvalue weighted by atomic mass is 10.0. The van der Waals surface area contributed by atoms with E-state index in [-0.39, 0.29) is 36.0 Å². The molecule has 1 N–H and O–H groups in total. The Morgan fingerprint density at radius 2 is 2.05 bits per heavy atom. The van der Waals surface area contributed by atoms with Crippen molar-refractivity contribution in [3.63, 3.8) is 0 Å². The minimum Gasteiger partial charge on any atom is -0.491 e. The number of benzene rings is 2. The summed E-state index contributed by atoms with van der Waals surface area (Å²) >= 11 is 0. The van der Waals surface area contributed by atoms with Gasteiger partial charge in [-0.3, -0.25) is 9.59 Å². The minimum atomic E-state index is -0.427. The maximum absolute atomic E-state index is 14.2. The minimum absolute atomic E-state index is 0.0126. The highest BCUT2D eigenvalue weighted by Crippen LogP contribution is 2.32. The van der Waals surface area contributed by atoms with Crippen LogP contribution in [0.4, 0.5) is 4.39 Å². The molecule has 3 heterocycles. The molecular formula is C27H29FN4O5. The predicted octanol–water partition coefficient (Wildman–Crippen LogP) is 2.88. The summed E-state index contributed by atoms with van der Waals surface area (Å²) in [4.78, 5) is 26.1. The number of halogens is 1. The van der Waals surface area contributed by atoms with Gasteiger partial charge in [0.05, 0.1) is 12.6 Å². The van der Waals surface area contributed by atoms with Crippen LogP contribution in [0.15, 0.2) is 48.5 Å². The van der Waals surface area contributed by atoms with E-state index in [1.807, 2.05) is 18.2 Å². The number of likely N-dealkylation sites (N-methyl/N-ethyl adjacent to an activating group) is 1. The van der Waals surface area contributed by atoms with Crippen LogP contribution in [-0.2, 0) is 29.1 Å². The van der Waals surface area contributed by atoms with Gasteiger partial charge >= 0.3 is 0 Å². The molecule has 2 atom stereocenters. The van der Waals surface area contributed by atoms with E-state index >= 15 is 0 Å². The Kier molecular flexibility index (Phi) is 7.09. The lowest BCUT2D eigenvalue weighted by molar-refractivity contribution is -0.133. The number of hydrogen-bond donors (Lipinski definition) is 1. The summed E-state index contributed by atoms with van der Waals surface area (Å²) in [5, 5.41) is 7.37. The first-order valence-corrected chi connectivity index (χ1v) is 12.2. The number of fused-ring (bicyclic) bond motifs is 2. The zero-order valence-electron chi connectivity index (χ0n) is 20.8. The third-order valence-electron chi connectivity index (χ3n) is 6.45. The van der Waals surface area contributed by atoms with Crippen LogP contribution in [0.25, 0.3) is 0 Å². The van der Waals surface area contributed by atoms with Gasteiger partial charge in [0.2, 0.25) is 11.8 Å². The molecule has 0 saturated carbocycles. The quantitative estimate of drug-likeness (QED) is 0.528. The van der Waals surface area contributed by atoms with E-state index in [2.05, 4.69) is 10.4 Å². The lowest BCUT2D eigenvalue weighted by Crippen LogP contribution is -2.43. The van der Waals surface area contributed by atoms with E-state index in [0.717, 1.165) is 16.9 Å². The molecule has 2 aliphatic heterocycles. The van der Waals surface area contributed by atoms with Crippen molar-refractivity contribution in [3.05, 3.63) is 76.7 Å². The van der Waals surface area contributed by atoms with Crippen molar-refractivity contribution in [1.82, 2.24) is 20.0 Å². The first-order chi connectivity index (χ1) is 17.9. The number of ether oxygens (including phenoxy) is 3. The Morgan fingerprint density at radius 3 is 2.86 bits per heavy atom. The maximum Gasteiger partial charge on any atom is 0.272 e. The van der Waals surface area contributed by atoms with E-state index in [4.69, 9.17) is 14.2 Å². The van der Waals surface area contributed by atoms with E-state index in [1.54, 1.807) is 43.0 Å². The average molecular weight is 509 g/mol. The van der Waals surface area contributed by atoms with E-state index < -0.39 is 6.10 Å². The van der Waals surface area contributed by atoms with Gasteiger partial charge in [-0.15, -0.1) is 0 Å². The number of aryl methyl sites for hydroxylation is 1. The van der Waals surface area contributed by atoms with Gasteiger partial charge in [-0.05, 0) is 35.7 Å². The number of carbonyl (C=O) groups excluding carboxylic acids is 2. The first kappa shape index (κ1) is 24.8. The van der Waals surface area contributed by atoms with Gasteiger partial charge in [0.25, 0.3) is 5.91 Å². The van der Waals surface area contributed by atoms with Crippen LogP contribution in [0.1, 0.15) is 39.7 Å². The summed E-state index contributed by atoms with van der Waals surface area (Å²) < 4.78 is 33.2. The fraction of sp³-hybridized carbons (Fsp3) is 0.370. The molecule has 2 aliphatic rings. The highest BCUT2D eigenvalue weighted by atomic mass is 19.1. The Bertz CT molecular complexity index is 1310. The molecular weight excluding hydrogens is 479 g/mol. The summed E-state index contributed by atoms with van der Waals surface area (Å²) in [6, 6.07) is 13.7. The fourth-order valence-electron chi connectivity index (χ4n) is 4.44. The number of rotatable bonds is 7. The largest absolute Gasteiger partial charge is 0.491 e. The average Bonchev–Trinajstić information content (AvgIpc) is 3.32. The van der Waals surface area contributed by atoms with Crippen LogP contribution >= 0.6 is 0 Å². The van der Waals surface area contributed by atoms with E-state index in [1.165, 1.54) is 11.0 Å². The molecule has 0 aliphatic carbocycles. The van der Waals surface area contributed by atoms with Crippen LogP contribution in [0.5, 0.6) is 11.6 Å². The summed E-state index contributed by atoms with van der Waals surface area (Å²) in [5.74, 6) is 0.466. The summed E-state index contributed by atoms with van der Waals surface area (Å²) in [6.07, 6.45) is 0.716. The number of nitrogens with zero attached hydrogens (tertiary/aromatic N) is 3. The monoisotopic (exact) mass is 508 g/mol. The second-order valence-electron chi connectivity index (χ2n) is 9.42. The third-order valence-corrected chi connectivity index (χ3v) is 6.45. The van der Waals surface area contributed by atoms with Gasteiger partial charge in [0.1, 0.15) is 30.9 Å². The van der Waals surface area contributed by atoms with Gasteiger partial charge < -0.3 is 24.4 Å². The standard InChI is InChI=1S/C27H29FN4O5/c1-31(2)25(33)16-35-14-17-7-8-23-18(11-17)12-19(15-36-23)29-27(34)22-13-26-32(30-22)10-9-24(37-26)20-5-3-4-6-21(20)28/h3-8,11,13,19,24H,9-10,12,14-16H2,1-2H3,(H,29,34)/t19-,24?/m1/s1. The molecule has 0 fully saturated rings. The Balaban J connectivity index is 1.19. The lowest BCUT2D eigenvalue weighted by Gasteiger charge is -2.26. The molecule has 1 aromatic heterocycles. The van der Waals surface area contributed by atoms with Crippen LogP contribution in [0.3, 0.4) is 0 Å². The third kappa shape index (κ3) is 5.59. The molecule has 3 aromatic rings. The van der Waals surface area contributed by atoms with Gasteiger partial charge in [0.15, 0.2) is 5.69 Å². The molecule has 2 amide bonds. The van der Waals surface area contributed by atoms with Crippen LogP contribution in [0.2, 0.25) is 0 Å². The van der Waals surface area contributed by atoms with Crippen molar-refractivity contribution in [3.8, 4) is 11.6 Å². The molecule has 0 saturated heterocycles. The maximum atomic E-state index is 14.2. The van der Waals surface area contributed by atoms with Gasteiger partial charge in [-0.2, -0.15) is 5.10 Å². The molecule has 10 heteroatoms. The topological polar surface area (TPSA) is 94.9 Å². The smallest absolute Gasteiger partial charge is 0.272 e. The van der Waals surface area contributed by atoms with Crippen molar-refractivity contribution in [2.75, 3.05) is 27.3 Å². The molecule has 2 aromatic carbocycles. The number of amides is 2. The Labute approximate surface area is 214 Å². The normalized spacial score (nSPS) is 18.1.